The van der Waals surface area contributed by atoms with Crippen molar-refractivity contribution < 1.29 is 14.6 Å². The summed E-state index contributed by atoms with van der Waals surface area (Å²) in [5.74, 6) is -0.309. The molecule has 4 nitrogen and oxygen atoms in total. The van der Waals surface area contributed by atoms with Crippen molar-refractivity contribution in [2.24, 2.45) is 5.92 Å². The molecule has 0 spiro atoms. The molecule has 80 valence electrons. The van der Waals surface area contributed by atoms with E-state index in [0.717, 1.165) is 18.4 Å². The Labute approximate surface area is 87.9 Å². The Morgan fingerprint density at radius 1 is 1.60 bits per heavy atom. The summed E-state index contributed by atoms with van der Waals surface area (Å²) in [6.45, 7) is 0. The van der Waals surface area contributed by atoms with Crippen LogP contribution in [0.5, 0.6) is 5.75 Å². The molecule has 1 aromatic heterocycles. The molecule has 1 aliphatic rings. The first-order chi connectivity index (χ1) is 7.22. The number of methoxy groups -OCH3 is 1. The van der Waals surface area contributed by atoms with Crippen LogP contribution in [0.3, 0.4) is 0 Å². The van der Waals surface area contributed by atoms with Crippen LogP contribution >= 0.6 is 0 Å². The molecule has 2 rings (SSSR count). The Morgan fingerprint density at radius 3 is 2.87 bits per heavy atom. The summed E-state index contributed by atoms with van der Waals surface area (Å²) in [4.78, 5) is 15.1. The van der Waals surface area contributed by atoms with E-state index in [1.165, 1.54) is 0 Å². The molecule has 1 fully saturated rings. The van der Waals surface area contributed by atoms with Gasteiger partial charge >= 0.3 is 5.97 Å². The van der Waals surface area contributed by atoms with Gasteiger partial charge in [0.05, 0.1) is 19.2 Å². The van der Waals surface area contributed by atoms with Gasteiger partial charge in [-0.1, -0.05) is 0 Å². The van der Waals surface area contributed by atoms with Crippen LogP contribution in [0.2, 0.25) is 0 Å². The SMILES string of the molecule is COc1cncc(C(C(=O)O)C2CC2)c1. The summed E-state index contributed by atoms with van der Waals surface area (Å²) in [6.07, 6.45) is 5.18. The molecule has 1 aromatic rings. The van der Waals surface area contributed by atoms with Crippen LogP contribution in [-0.4, -0.2) is 23.2 Å². The standard InChI is InChI=1S/C11H13NO3/c1-15-9-4-8(5-12-6-9)10(11(13)14)7-2-3-7/h4-7,10H,2-3H2,1H3,(H,13,14). The minimum absolute atomic E-state index is 0.274. The van der Waals surface area contributed by atoms with Crippen LogP contribution in [0.15, 0.2) is 18.5 Å². The minimum Gasteiger partial charge on any atom is -0.495 e. The maximum absolute atomic E-state index is 11.1. The number of ether oxygens (including phenoxy) is 1. The first-order valence-electron chi connectivity index (χ1n) is 4.94. The largest absolute Gasteiger partial charge is 0.495 e. The number of aromatic nitrogens is 1. The molecule has 0 radical (unpaired) electrons. The van der Waals surface area contributed by atoms with Crippen molar-refractivity contribution >= 4 is 5.97 Å². The molecule has 4 heteroatoms. The average molecular weight is 207 g/mol. The van der Waals surface area contributed by atoms with Crippen LogP contribution in [0.25, 0.3) is 0 Å². The number of carboxylic acids is 1. The second-order valence-corrected chi connectivity index (χ2v) is 3.81. The molecule has 0 amide bonds. The molecule has 1 aliphatic carbocycles. The lowest BCUT2D eigenvalue weighted by Gasteiger charge is -2.11. The van der Waals surface area contributed by atoms with E-state index >= 15 is 0 Å². The number of nitrogens with zero attached hydrogens (tertiary/aromatic N) is 1. The van der Waals surface area contributed by atoms with E-state index in [-0.39, 0.29) is 5.92 Å². The van der Waals surface area contributed by atoms with Gasteiger partial charge in [0.2, 0.25) is 0 Å². The lowest BCUT2D eigenvalue weighted by molar-refractivity contribution is -0.139. The van der Waals surface area contributed by atoms with Gasteiger partial charge in [0.25, 0.3) is 0 Å². The van der Waals surface area contributed by atoms with Gasteiger partial charge in [-0.25, -0.2) is 0 Å². The molecule has 0 aliphatic heterocycles. The molecule has 1 atom stereocenters. The normalized spacial score (nSPS) is 17.1. The number of rotatable bonds is 4. The summed E-state index contributed by atoms with van der Waals surface area (Å²) in [5.41, 5.74) is 0.740. The summed E-state index contributed by atoms with van der Waals surface area (Å²) in [7, 11) is 1.55. The van der Waals surface area contributed by atoms with Gasteiger partial charge in [-0.3, -0.25) is 9.78 Å². The zero-order valence-electron chi connectivity index (χ0n) is 8.51. The number of hydrogen-bond acceptors (Lipinski definition) is 3. The molecular formula is C11H13NO3. The third-order valence-corrected chi connectivity index (χ3v) is 2.69. The lowest BCUT2D eigenvalue weighted by atomic mass is 9.96. The third-order valence-electron chi connectivity index (χ3n) is 2.69. The van der Waals surface area contributed by atoms with E-state index in [0.29, 0.717) is 5.75 Å². The maximum atomic E-state index is 11.1. The van der Waals surface area contributed by atoms with Crippen LogP contribution in [-0.2, 0) is 4.79 Å². The number of aliphatic carboxylic acids is 1. The molecule has 0 saturated heterocycles. The van der Waals surface area contributed by atoms with E-state index in [9.17, 15) is 4.79 Å². The molecule has 1 unspecified atom stereocenters. The summed E-state index contributed by atoms with van der Waals surface area (Å²) in [5, 5.41) is 9.13. The third kappa shape index (κ3) is 2.09. The van der Waals surface area contributed by atoms with Crippen molar-refractivity contribution in [2.45, 2.75) is 18.8 Å². The molecule has 1 heterocycles. The average Bonchev–Trinajstić information content (AvgIpc) is 3.02. The van der Waals surface area contributed by atoms with Crippen LogP contribution < -0.4 is 4.74 Å². The van der Waals surface area contributed by atoms with Crippen LogP contribution in [0.4, 0.5) is 0 Å². The Balaban J connectivity index is 2.28. The van der Waals surface area contributed by atoms with Gasteiger partial charge < -0.3 is 9.84 Å². The fraction of sp³-hybridized carbons (Fsp3) is 0.455. The van der Waals surface area contributed by atoms with E-state index < -0.39 is 11.9 Å². The van der Waals surface area contributed by atoms with Crippen molar-refractivity contribution in [2.75, 3.05) is 7.11 Å². The monoisotopic (exact) mass is 207 g/mol. The molecule has 0 bridgehead atoms. The van der Waals surface area contributed by atoms with Crippen molar-refractivity contribution in [1.29, 1.82) is 0 Å². The van der Waals surface area contributed by atoms with Crippen LogP contribution in [0.1, 0.15) is 24.3 Å². The van der Waals surface area contributed by atoms with Crippen molar-refractivity contribution in [1.82, 2.24) is 4.98 Å². The lowest BCUT2D eigenvalue weighted by Crippen LogP contribution is -2.13. The highest BCUT2D eigenvalue weighted by atomic mass is 16.5. The summed E-state index contributed by atoms with van der Waals surface area (Å²) in [6, 6.07) is 1.75. The van der Waals surface area contributed by atoms with Crippen LogP contribution in [0, 0.1) is 5.92 Å². The smallest absolute Gasteiger partial charge is 0.311 e. The zero-order valence-corrected chi connectivity index (χ0v) is 8.51. The highest BCUT2D eigenvalue weighted by molar-refractivity contribution is 5.77. The molecule has 15 heavy (non-hydrogen) atoms. The van der Waals surface area contributed by atoms with Gasteiger partial charge in [-0.05, 0) is 30.4 Å². The van der Waals surface area contributed by atoms with E-state index in [1.807, 2.05) is 0 Å². The van der Waals surface area contributed by atoms with E-state index in [2.05, 4.69) is 4.98 Å². The topological polar surface area (TPSA) is 59.4 Å². The summed E-state index contributed by atoms with van der Waals surface area (Å²) >= 11 is 0. The minimum atomic E-state index is -0.771. The zero-order chi connectivity index (χ0) is 10.8. The fourth-order valence-corrected chi connectivity index (χ4v) is 1.76. The number of hydrogen-bond donors (Lipinski definition) is 1. The second kappa shape index (κ2) is 3.88. The van der Waals surface area contributed by atoms with Gasteiger partial charge in [0.15, 0.2) is 0 Å². The molecule has 0 aromatic carbocycles. The van der Waals surface area contributed by atoms with Gasteiger partial charge in [0, 0.05) is 6.20 Å². The Hall–Kier alpha value is -1.58. The predicted octanol–water partition coefficient (Wildman–Crippen LogP) is 1.67. The van der Waals surface area contributed by atoms with Crippen molar-refractivity contribution in [3.63, 3.8) is 0 Å². The van der Waals surface area contributed by atoms with Gasteiger partial charge in [-0.15, -0.1) is 0 Å². The highest BCUT2D eigenvalue weighted by Crippen LogP contribution is 2.43. The summed E-state index contributed by atoms with van der Waals surface area (Å²) < 4.78 is 5.03. The molecule has 1 N–H and O–H groups in total. The van der Waals surface area contributed by atoms with E-state index in [4.69, 9.17) is 9.84 Å². The Morgan fingerprint density at radius 2 is 2.33 bits per heavy atom. The first kappa shape index (κ1) is 9.96. The maximum Gasteiger partial charge on any atom is 0.311 e. The Kier molecular flexibility index (Phi) is 2.58. The number of pyridine rings is 1. The molecule has 1 saturated carbocycles. The quantitative estimate of drug-likeness (QED) is 0.815. The molecular weight excluding hydrogens is 194 g/mol. The van der Waals surface area contributed by atoms with Gasteiger partial charge in [-0.2, -0.15) is 0 Å². The van der Waals surface area contributed by atoms with Crippen molar-refractivity contribution in [3.8, 4) is 5.75 Å². The van der Waals surface area contributed by atoms with E-state index in [1.54, 1.807) is 25.6 Å². The van der Waals surface area contributed by atoms with Crippen molar-refractivity contribution in [3.05, 3.63) is 24.0 Å². The van der Waals surface area contributed by atoms with Gasteiger partial charge in [0.1, 0.15) is 5.75 Å². The Bertz CT molecular complexity index is 374. The highest BCUT2D eigenvalue weighted by Gasteiger charge is 2.37. The predicted molar refractivity (Wildman–Crippen MR) is 53.9 cm³/mol. The number of carbonyl (C=O) groups is 1. The number of carboxylic acid groups (broad SMARTS) is 1. The first-order valence-corrected chi connectivity index (χ1v) is 4.94. The second-order valence-electron chi connectivity index (χ2n) is 3.81. The fourth-order valence-electron chi connectivity index (χ4n) is 1.76.